The molecule has 0 saturated carbocycles. The summed E-state index contributed by atoms with van der Waals surface area (Å²) < 4.78 is 6.13. The second-order valence-electron chi connectivity index (χ2n) is 4.09. The van der Waals surface area contributed by atoms with Crippen molar-refractivity contribution in [1.29, 1.82) is 0 Å². The standard InChI is InChI=1S/C12H10BrClO2/c1-12(2)11(15)9(13)10(16-12)7-3-5-8(14)6-4-7/h3-6H,1-2H3. The van der Waals surface area contributed by atoms with Crippen LogP contribution in [0.2, 0.25) is 5.02 Å². The molecular formula is C12H10BrClO2. The second-order valence-corrected chi connectivity index (χ2v) is 5.32. The van der Waals surface area contributed by atoms with Crippen LogP contribution in [0.3, 0.4) is 0 Å². The van der Waals surface area contributed by atoms with E-state index < -0.39 is 5.60 Å². The molecule has 1 heterocycles. The Bertz CT molecular complexity index is 474. The quantitative estimate of drug-likeness (QED) is 0.789. The molecule has 4 heteroatoms. The molecule has 1 aromatic rings. The third kappa shape index (κ3) is 1.89. The summed E-state index contributed by atoms with van der Waals surface area (Å²) in [5.41, 5.74) is 0.0450. The Balaban J connectivity index is 2.43. The fraction of sp³-hybridized carbons (Fsp3) is 0.250. The predicted octanol–water partition coefficient (Wildman–Crippen LogP) is 3.78. The molecule has 1 aliphatic heterocycles. The SMILES string of the molecule is CC1(C)OC(c2ccc(Cl)cc2)=C(Br)C1=O. The first-order valence-corrected chi connectivity index (χ1v) is 5.98. The molecule has 2 rings (SSSR count). The van der Waals surface area contributed by atoms with E-state index in [1.807, 2.05) is 12.1 Å². The lowest BCUT2D eigenvalue weighted by Gasteiger charge is -2.17. The molecule has 0 atom stereocenters. The molecule has 0 radical (unpaired) electrons. The van der Waals surface area contributed by atoms with Crippen LogP contribution in [0.5, 0.6) is 0 Å². The Morgan fingerprint density at radius 1 is 1.25 bits per heavy atom. The zero-order valence-electron chi connectivity index (χ0n) is 8.88. The number of rotatable bonds is 1. The van der Waals surface area contributed by atoms with Crippen molar-refractivity contribution in [3.63, 3.8) is 0 Å². The average Bonchev–Trinajstić information content (AvgIpc) is 2.44. The van der Waals surface area contributed by atoms with Gasteiger partial charge in [0.2, 0.25) is 5.78 Å². The number of benzene rings is 1. The van der Waals surface area contributed by atoms with Crippen molar-refractivity contribution in [2.45, 2.75) is 19.4 Å². The monoisotopic (exact) mass is 300 g/mol. The van der Waals surface area contributed by atoms with Gasteiger partial charge in [0, 0.05) is 10.6 Å². The predicted molar refractivity (Wildman–Crippen MR) is 67.5 cm³/mol. The fourth-order valence-corrected chi connectivity index (χ4v) is 2.41. The molecule has 0 spiro atoms. The van der Waals surface area contributed by atoms with Crippen molar-refractivity contribution in [1.82, 2.24) is 0 Å². The minimum absolute atomic E-state index is 0.0440. The molecule has 84 valence electrons. The lowest BCUT2D eigenvalue weighted by atomic mass is 10.1. The van der Waals surface area contributed by atoms with Gasteiger partial charge in [-0.05, 0) is 54.0 Å². The van der Waals surface area contributed by atoms with Crippen LogP contribution in [0, 0.1) is 0 Å². The summed E-state index contributed by atoms with van der Waals surface area (Å²) in [6.45, 7) is 3.50. The number of halogens is 2. The van der Waals surface area contributed by atoms with Crippen molar-refractivity contribution < 1.29 is 9.53 Å². The maximum absolute atomic E-state index is 11.8. The molecule has 0 unspecified atom stereocenters. The van der Waals surface area contributed by atoms with Crippen LogP contribution in [0.25, 0.3) is 5.76 Å². The van der Waals surface area contributed by atoms with Gasteiger partial charge >= 0.3 is 0 Å². The minimum atomic E-state index is -0.798. The smallest absolute Gasteiger partial charge is 0.216 e. The lowest BCUT2D eigenvalue weighted by molar-refractivity contribution is -0.125. The number of hydrogen-bond donors (Lipinski definition) is 0. The Morgan fingerprint density at radius 2 is 1.81 bits per heavy atom. The first-order valence-electron chi connectivity index (χ1n) is 4.81. The summed E-state index contributed by atoms with van der Waals surface area (Å²) in [5, 5.41) is 0.657. The molecule has 1 aliphatic rings. The van der Waals surface area contributed by atoms with Crippen LogP contribution >= 0.6 is 27.5 Å². The Labute approximate surface area is 107 Å². The number of carbonyl (C=O) groups excluding carboxylic acids is 1. The average molecular weight is 302 g/mol. The molecule has 2 nitrogen and oxygen atoms in total. The summed E-state index contributed by atoms with van der Waals surface area (Å²) in [4.78, 5) is 11.8. The van der Waals surface area contributed by atoms with Crippen LogP contribution < -0.4 is 0 Å². The number of carbonyl (C=O) groups is 1. The fourth-order valence-electron chi connectivity index (χ4n) is 1.50. The van der Waals surface area contributed by atoms with E-state index in [9.17, 15) is 4.79 Å². The van der Waals surface area contributed by atoms with Gasteiger partial charge in [0.25, 0.3) is 0 Å². The van der Waals surface area contributed by atoms with Crippen molar-refractivity contribution in [3.05, 3.63) is 39.3 Å². The number of ketones is 1. The van der Waals surface area contributed by atoms with Gasteiger partial charge in [-0.3, -0.25) is 4.79 Å². The summed E-state index contributed by atoms with van der Waals surface area (Å²) >= 11 is 9.08. The van der Waals surface area contributed by atoms with Crippen LogP contribution in [0.4, 0.5) is 0 Å². The van der Waals surface area contributed by atoms with Crippen LogP contribution in [-0.4, -0.2) is 11.4 Å². The van der Waals surface area contributed by atoms with Gasteiger partial charge in [0.15, 0.2) is 5.60 Å². The van der Waals surface area contributed by atoms with Gasteiger partial charge in [-0.1, -0.05) is 11.6 Å². The highest BCUT2D eigenvalue weighted by Gasteiger charge is 2.41. The Kier molecular flexibility index (Phi) is 2.84. The van der Waals surface area contributed by atoms with Gasteiger partial charge in [0.1, 0.15) is 10.2 Å². The van der Waals surface area contributed by atoms with Crippen LogP contribution in [0.15, 0.2) is 28.7 Å². The van der Waals surface area contributed by atoms with E-state index in [0.29, 0.717) is 15.3 Å². The Morgan fingerprint density at radius 3 is 2.25 bits per heavy atom. The van der Waals surface area contributed by atoms with E-state index in [0.717, 1.165) is 5.56 Å². The zero-order chi connectivity index (χ0) is 11.9. The normalized spacial score (nSPS) is 18.9. The van der Waals surface area contributed by atoms with Crippen LogP contribution in [-0.2, 0) is 9.53 Å². The molecule has 0 bridgehead atoms. The van der Waals surface area contributed by atoms with E-state index >= 15 is 0 Å². The molecule has 0 aromatic heterocycles. The highest BCUT2D eigenvalue weighted by molar-refractivity contribution is 9.12. The van der Waals surface area contributed by atoms with E-state index in [-0.39, 0.29) is 5.78 Å². The summed E-state index contributed by atoms with van der Waals surface area (Å²) in [5.74, 6) is 0.532. The summed E-state index contributed by atoms with van der Waals surface area (Å²) in [6, 6.07) is 7.19. The van der Waals surface area contributed by atoms with E-state index in [4.69, 9.17) is 16.3 Å². The third-order valence-corrected chi connectivity index (χ3v) is 3.38. The first-order chi connectivity index (χ1) is 7.42. The maximum Gasteiger partial charge on any atom is 0.216 e. The Hall–Kier alpha value is -0.800. The van der Waals surface area contributed by atoms with Gasteiger partial charge in [0.05, 0.1) is 0 Å². The van der Waals surface area contributed by atoms with Crippen LogP contribution in [0.1, 0.15) is 19.4 Å². The van der Waals surface area contributed by atoms with Crippen molar-refractivity contribution in [2.24, 2.45) is 0 Å². The topological polar surface area (TPSA) is 26.3 Å². The van der Waals surface area contributed by atoms with Gasteiger partial charge in [-0.2, -0.15) is 0 Å². The molecule has 0 aliphatic carbocycles. The maximum atomic E-state index is 11.8. The molecule has 16 heavy (non-hydrogen) atoms. The largest absolute Gasteiger partial charge is 0.478 e. The van der Waals surface area contributed by atoms with E-state index in [1.165, 1.54) is 0 Å². The van der Waals surface area contributed by atoms with Gasteiger partial charge in [-0.15, -0.1) is 0 Å². The van der Waals surface area contributed by atoms with E-state index in [2.05, 4.69) is 15.9 Å². The van der Waals surface area contributed by atoms with Gasteiger partial charge in [-0.25, -0.2) is 0 Å². The van der Waals surface area contributed by atoms with E-state index in [1.54, 1.807) is 26.0 Å². The lowest BCUT2D eigenvalue weighted by Crippen LogP contribution is -2.28. The van der Waals surface area contributed by atoms with Crippen molar-refractivity contribution in [2.75, 3.05) is 0 Å². The molecule has 0 saturated heterocycles. The first kappa shape index (κ1) is 11.7. The highest BCUT2D eigenvalue weighted by atomic mass is 79.9. The number of Topliss-reactive ketones (excluding diaryl/α,β-unsaturated/α-hetero) is 1. The molecule has 1 aromatic carbocycles. The third-order valence-electron chi connectivity index (χ3n) is 2.41. The molecule has 0 fully saturated rings. The molecule has 0 N–H and O–H groups in total. The molecule has 0 amide bonds. The minimum Gasteiger partial charge on any atom is -0.478 e. The second kappa shape index (κ2) is 3.90. The number of hydrogen-bond acceptors (Lipinski definition) is 2. The van der Waals surface area contributed by atoms with Crippen molar-refractivity contribution >= 4 is 39.1 Å². The summed E-state index contributed by atoms with van der Waals surface area (Å²) in [6.07, 6.45) is 0. The summed E-state index contributed by atoms with van der Waals surface area (Å²) in [7, 11) is 0. The van der Waals surface area contributed by atoms with Gasteiger partial charge < -0.3 is 4.74 Å². The van der Waals surface area contributed by atoms with Crippen molar-refractivity contribution in [3.8, 4) is 0 Å². The highest BCUT2D eigenvalue weighted by Crippen LogP contribution is 2.39. The zero-order valence-corrected chi connectivity index (χ0v) is 11.2. The molecular weight excluding hydrogens is 291 g/mol. The number of ether oxygens (including phenoxy) is 1.